The van der Waals surface area contributed by atoms with Crippen molar-refractivity contribution in [1.82, 2.24) is 0 Å². The second-order valence-corrected chi connectivity index (χ2v) is 6.63. The lowest BCUT2D eigenvalue weighted by Gasteiger charge is -2.23. The summed E-state index contributed by atoms with van der Waals surface area (Å²) in [6.45, 7) is 1.96. The van der Waals surface area contributed by atoms with Crippen molar-refractivity contribution >= 4 is 34.2 Å². The van der Waals surface area contributed by atoms with Crippen LogP contribution in [0.2, 0.25) is 0 Å². The lowest BCUT2D eigenvalue weighted by Crippen LogP contribution is -2.36. The van der Waals surface area contributed by atoms with Gasteiger partial charge in [0.1, 0.15) is 5.00 Å². The highest BCUT2D eigenvalue weighted by Gasteiger charge is 2.51. The molecule has 3 rings (SSSR count). The van der Waals surface area contributed by atoms with Crippen molar-refractivity contribution in [3.8, 4) is 0 Å². The van der Waals surface area contributed by atoms with Crippen molar-refractivity contribution in [3.63, 3.8) is 0 Å². The van der Waals surface area contributed by atoms with Crippen LogP contribution in [0.4, 0.5) is 5.00 Å². The molecule has 1 amide bonds. The number of aliphatic carboxylic acids is 1. The number of carbonyl (C=O) groups excluding carboxylic acids is 2. The fourth-order valence-corrected chi connectivity index (χ4v) is 4.27. The third-order valence-electron chi connectivity index (χ3n) is 4.44. The summed E-state index contributed by atoms with van der Waals surface area (Å²) in [6, 6.07) is 1.59. The van der Waals surface area contributed by atoms with Crippen molar-refractivity contribution in [2.45, 2.75) is 13.3 Å². The maximum Gasteiger partial charge on any atom is 0.341 e. The minimum atomic E-state index is -0.946. The number of anilines is 1. The zero-order valence-corrected chi connectivity index (χ0v) is 13.3. The summed E-state index contributed by atoms with van der Waals surface area (Å²) in [6.07, 6.45) is 4.52. The van der Waals surface area contributed by atoms with Crippen LogP contribution in [0, 0.1) is 23.7 Å². The molecule has 4 atom stereocenters. The van der Waals surface area contributed by atoms with Crippen molar-refractivity contribution in [3.05, 3.63) is 29.2 Å². The molecule has 0 aliphatic heterocycles. The molecule has 0 aromatic carbocycles. The van der Waals surface area contributed by atoms with Crippen LogP contribution in [-0.4, -0.2) is 29.6 Å². The Bertz CT molecular complexity index is 680. The Morgan fingerprint density at radius 1 is 1.30 bits per heavy atom. The summed E-state index contributed by atoms with van der Waals surface area (Å²) in [7, 11) is 0. The van der Waals surface area contributed by atoms with E-state index in [1.54, 1.807) is 18.4 Å². The highest BCUT2D eigenvalue weighted by molar-refractivity contribution is 7.14. The zero-order chi connectivity index (χ0) is 16.6. The minimum Gasteiger partial charge on any atom is -0.481 e. The predicted molar refractivity (Wildman–Crippen MR) is 84.3 cm³/mol. The van der Waals surface area contributed by atoms with E-state index in [2.05, 4.69) is 5.32 Å². The largest absolute Gasteiger partial charge is 0.481 e. The van der Waals surface area contributed by atoms with E-state index in [9.17, 15) is 19.5 Å². The fourth-order valence-electron chi connectivity index (χ4n) is 3.49. The van der Waals surface area contributed by atoms with Gasteiger partial charge in [-0.2, -0.15) is 0 Å². The maximum atomic E-state index is 12.6. The molecule has 0 unspecified atom stereocenters. The fraction of sp³-hybridized carbons (Fsp3) is 0.438. The minimum absolute atomic E-state index is 0.0490. The number of carboxylic acids is 1. The Hall–Kier alpha value is -2.15. The number of ether oxygens (including phenoxy) is 1. The highest BCUT2D eigenvalue weighted by Crippen LogP contribution is 2.48. The summed E-state index contributed by atoms with van der Waals surface area (Å²) in [4.78, 5) is 35.9. The third-order valence-corrected chi connectivity index (χ3v) is 5.27. The molecule has 1 saturated carbocycles. The maximum absolute atomic E-state index is 12.6. The van der Waals surface area contributed by atoms with Gasteiger partial charge in [0.2, 0.25) is 5.91 Å². The number of hydrogen-bond donors (Lipinski definition) is 2. The number of carbonyl (C=O) groups is 3. The predicted octanol–water partition coefficient (Wildman–Crippen LogP) is 2.39. The number of rotatable bonds is 5. The number of amides is 1. The van der Waals surface area contributed by atoms with Crippen molar-refractivity contribution in [1.29, 1.82) is 0 Å². The van der Waals surface area contributed by atoms with E-state index >= 15 is 0 Å². The SMILES string of the molecule is CCOC(=O)c1ccsc1NC(=O)[C@H]1[C@H](C(=O)O)[C@H]2C=C[C@H]1C2. The van der Waals surface area contributed by atoms with Crippen LogP contribution in [0.5, 0.6) is 0 Å². The van der Waals surface area contributed by atoms with Gasteiger partial charge in [0, 0.05) is 0 Å². The van der Waals surface area contributed by atoms with E-state index in [4.69, 9.17) is 4.74 Å². The molecule has 7 heteroatoms. The summed E-state index contributed by atoms with van der Waals surface area (Å²) < 4.78 is 4.95. The first-order valence-corrected chi connectivity index (χ1v) is 8.37. The standard InChI is InChI=1S/C16H17NO5S/c1-2-22-16(21)10-5-6-23-14(10)17-13(18)11-8-3-4-9(7-8)12(11)15(19)20/h3-6,8-9,11-12H,2,7H2,1H3,(H,17,18)(H,19,20)/t8-,9-,11+,12+/m0/s1. The van der Waals surface area contributed by atoms with Crippen molar-refractivity contribution < 1.29 is 24.2 Å². The molecule has 2 bridgehead atoms. The van der Waals surface area contributed by atoms with E-state index in [-0.39, 0.29) is 24.3 Å². The van der Waals surface area contributed by atoms with Crippen LogP contribution in [0.25, 0.3) is 0 Å². The monoisotopic (exact) mass is 335 g/mol. The summed E-state index contributed by atoms with van der Waals surface area (Å²) >= 11 is 1.22. The zero-order valence-electron chi connectivity index (χ0n) is 12.5. The van der Waals surface area contributed by atoms with Gasteiger partial charge in [-0.05, 0) is 36.6 Å². The molecule has 0 spiro atoms. The molecule has 6 nitrogen and oxygen atoms in total. The van der Waals surface area contributed by atoms with Crippen LogP contribution in [-0.2, 0) is 14.3 Å². The molecule has 2 aliphatic rings. The van der Waals surface area contributed by atoms with E-state index in [0.29, 0.717) is 17.0 Å². The molecule has 2 N–H and O–H groups in total. The molecule has 0 radical (unpaired) electrons. The number of carboxylic acid groups (broad SMARTS) is 1. The molecular weight excluding hydrogens is 318 g/mol. The van der Waals surface area contributed by atoms with Crippen LogP contribution in [0.3, 0.4) is 0 Å². The first kappa shape index (κ1) is 15.7. The van der Waals surface area contributed by atoms with Gasteiger partial charge in [0.15, 0.2) is 0 Å². The Labute approximate surface area is 137 Å². The molecule has 2 aliphatic carbocycles. The van der Waals surface area contributed by atoms with E-state index in [0.717, 1.165) is 0 Å². The first-order chi connectivity index (χ1) is 11.0. The quantitative estimate of drug-likeness (QED) is 0.636. The van der Waals surface area contributed by atoms with E-state index in [1.165, 1.54) is 11.3 Å². The molecule has 1 heterocycles. The van der Waals surface area contributed by atoms with Crippen LogP contribution in [0.15, 0.2) is 23.6 Å². The first-order valence-electron chi connectivity index (χ1n) is 7.49. The second kappa shape index (κ2) is 6.16. The molecule has 1 fully saturated rings. The average molecular weight is 335 g/mol. The van der Waals surface area contributed by atoms with Crippen molar-refractivity contribution in [2.75, 3.05) is 11.9 Å². The molecule has 1 aromatic rings. The third kappa shape index (κ3) is 2.76. The van der Waals surface area contributed by atoms with Gasteiger partial charge in [-0.15, -0.1) is 11.3 Å². The number of esters is 1. The highest BCUT2D eigenvalue weighted by atomic mass is 32.1. The smallest absolute Gasteiger partial charge is 0.341 e. The number of hydrogen-bond acceptors (Lipinski definition) is 5. The Balaban J connectivity index is 1.78. The van der Waals surface area contributed by atoms with E-state index in [1.807, 2.05) is 12.2 Å². The Kier molecular flexibility index (Phi) is 4.21. The van der Waals surface area contributed by atoms with Gasteiger partial charge in [-0.3, -0.25) is 9.59 Å². The second-order valence-electron chi connectivity index (χ2n) is 5.71. The summed E-state index contributed by atoms with van der Waals surface area (Å²) in [5.74, 6) is -3.21. The Morgan fingerprint density at radius 3 is 2.65 bits per heavy atom. The number of nitrogens with one attached hydrogen (secondary N) is 1. The van der Waals surface area contributed by atoms with Crippen molar-refractivity contribution in [2.24, 2.45) is 23.7 Å². The van der Waals surface area contributed by atoms with Crippen LogP contribution in [0.1, 0.15) is 23.7 Å². The van der Waals surface area contributed by atoms with Gasteiger partial charge >= 0.3 is 11.9 Å². The topological polar surface area (TPSA) is 92.7 Å². The van der Waals surface area contributed by atoms with Gasteiger partial charge in [0.25, 0.3) is 0 Å². The molecule has 0 saturated heterocycles. The molecular formula is C16H17NO5S. The van der Waals surface area contributed by atoms with E-state index < -0.39 is 23.8 Å². The number of thiophene rings is 1. The average Bonchev–Trinajstić information content (AvgIpc) is 3.21. The molecule has 1 aromatic heterocycles. The molecule has 122 valence electrons. The summed E-state index contributed by atoms with van der Waals surface area (Å²) in [5.41, 5.74) is 0.302. The molecule has 23 heavy (non-hydrogen) atoms. The lowest BCUT2D eigenvalue weighted by molar-refractivity contribution is -0.146. The number of allylic oxidation sites excluding steroid dienone is 2. The van der Waals surface area contributed by atoms with Crippen LogP contribution < -0.4 is 5.32 Å². The van der Waals surface area contributed by atoms with Gasteiger partial charge in [0.05, 0.1) is 24.0 Å². The van der Waals surface area contributed by atoms with Gasteiger partial charge in [-0.1, -0.05) is 12.2 Å². The summed E-state index contributed by atoms with van der Waals surface area (Å²) in [5, 5.41) is 14.2. The van der Waals surface area contributed by atoms with Gasteiger partial charge in [-0.25, -0.2) is 4.79 Å². The Morgan fingerprint density at radius 2 is 2.00 bits per heavy atom. The van der Waals surface area contributed by atoms with Gasteiger partial charge < -0.3 is 15.2 Å². The number of fused-ring (bicyclic) bond motifs is 2. The van der Waals surface area contributed by atoms with Crippen LogP contribution >= 0.6 is 11.3 Å². The normalized spacial score (nSPS) is 27.9. The lowest BCUT2D eigenvalue weighted by atomic mass is 9.82.